The number of fused-ring (bicyclic) bond motifs is 1. The second kappa shape index (κ2) is 4.86. The van der Waals surface area contributed by atoms with E-state index in [9.17, 15) is 8.78 Å². The van der Waals surface area contributed by atoms with E-state index in [1.54, 1.807) is 16.7 Å². The lowest BCUT2D eigenvalue weighted by molar-refractivity contribution is 0.127. The monoisotopic (exact) mass is 275 g/mol. The van der Waals surface area contributed by atoms with Crippen molar-refractivity contribution in [1.82, 2.24) is 9.55 Å². The lowest BCUT2D eigenvalue weighted by Crippen LogP contribution is -2.10. The molecule has 0 atom stereocenters. The summed E-state index contributed by atoms with van der Waals surface area (Å²) >= 11 is 0. The van der Waals surface area contributed by atoms with Crippen molar-refractivity contribution >= 4 is 11.0 Å². The van der Waals surface area contributed by atoms with Crippen LogP contribution in [0.3, 0.4) is 0 Å². The predicted octanol–water partition coefficient (Wildman–Crippen LogP) is 3.43. The SMILES string of the molecule is Cc1c(C#N)ccc2c1nc(CC1CC1)n2CC(F)F. The fraction of sp³-hybridized carbons (Fsp3) is 0.467. The van der Waals surface area contributed by atoms with Gasteiger partial charge in [-0.05, 0) is 43.4 Å². The highest BCUT2D eigenvalue weighted by molar-refractivity contribution is 5.82. The second-order valence-corrected chi connectivity index (χ2v) is 5.39. The van der Waals surface area contributed by atoms with E-state index in [4.69, 9.17) is 5.26 Å². The lowest BCUT2D eigenvalue weighted by atomic mass is 10.1. The van der Waals surface area contributed by atoms with Crippen LogP contribution in [0.15, 0.2) is 12.1 Å². The van der Waals surface area contributed by atoms with Gasteiger partial charge in [0.1, 0.15) is 5.82 Å². The molecule has 0 bridgehead atoms. The molecule has 0 N–H and O–H groups in total. The van der Waals surface area contributed by atoms with E-state index < -0.39 is 6.43 Å². The zero-order chi connectivity index (χ0) is 14.3. The Kier molecular flexibility index (Phi) is 3.17. The fourth-order valence-electron chi connectivity index (χ4n) is 2.57. The highest BCUT2D eigenvalue weighted by atomic mass is 19.3. The van der Waals surface area contributed by atoms with Crippen LogP contribution in [0.4, 0.5) is 8.78 Å². The first-order chi connectivity index (χ1) is 9.60. The van der Waals surface area contributed by atoms with Crippen molar-refractivity contribution in [3.8, 4) is 6.07 Å². The van der Waals surface area contributed by atoms with Crippen LogP contribution in [0, 0.1) is 24.2 Å². The van der Waals surface area contributed by atoms with E-state index in [0.29, 0.717) is 22.5 Å². The van der Waals surface area contributed by atoms with Crippen LogP contribution >= 0.6 is 0 Å². The molecule has 3 nitrogen and oxygen atoms in total. The lowest BCUT2D eigenvalue weighted by Gasteiger charge is -2.08. The van der Waals surface area contributed by atoms with E-state index in [0.717, 1.165) is 30.7 Å². The van der Waals surface area contributed by atoms with Gasteiger partial charge < -0.3 is 4.57 Å². The average molecular weight is 275 g/mol. The Morgan fingerprint density at radius 1 is 1.45 bits per heavy atom. The van der Waals surface area contributed by atoms with Gasteiger partial charge in [0, 0.05) is 6.42 Å². The number of rotatable bonds is 4. The molecule has 0 radical (unpaired) electrons. The Morgan fingerprint density at radius 2 is 2.20 bits per heavy atom. The minimum Gasteiger partial charge on any atom is -0.322 e. The van der Waals surface area contributed by atoms with Gasteiger partial charge in [0.15, 0.2) is 0 Å². The molecule has 3 rings (SSSR count). The van der Waals surface area contributed by atoms with Gasteiger partial charge in [-0.1, -0.05) is 0 Å². The summed E-state index contributed by atoms with van der Waals surface area (Å²) in [7, 11) is 0. The largest absolute Gasteiger partial charge is 0.322 e. The van der Waals surface area contributed by atoms with Gasteiger partial charge in [0.2, 0.25) is 0 Å². The van der Waals surface area contributed by atoms with Crippen LogP contribution in [0.5, 0.6) is 0 Å². The molecule has 0 saturated heterocycles. The molecule has 0 spiro atoms. The van der Waals surface area contributed by atoms with Gasteiger partial charge >= 0.3 is 0 Å². The van der Waals surface area contributed by atoms with Crippen LogP contribution in [0.25, 0.3) is 11.0 Å². The Balaban J connectivity index is 2.15. The van der Waals surface area contributed by atoms with E-state index >= 15 is 0 Å². The van der Waals surface area contributed by atoms with Crippen LogP contribution in [-0.4, -0.2) is 16.0 Å². The highest BCUT2D eigenvalue weighted by Gasteiger charge is 2.26. The maximum Gasteiger partial charge on any atom is 0.256 e. The van der Waals surface area contributed by atoms with Crippen molar-refractivity contribution in [3.63, 3.8) is 0 Å². The molecule has 2 aromatic rings. The quantitative estimate of drug-likeness (QED) is 0.857. The number of aryl methyl sites for hydroxylation is 1. The Labute approximate surface area is 115 Å². The maximum atomic E-state index is 12.8. The third-order valence-corrected chi connectivity index (χ3v) is 3.86. The standard InChI is InChI=1S/C15H15F2N3/c1-9-11(7-18)4-5-12-15(9)19-14(6-10-2-3-10)20(12)8-13(16)17/h4-5,10,13H,2-3,6,8H2,1H3. The summed E-state index contributed by atoms with van der Waals surface area (Å²) in [5.74, 6) is 1.31. The van der Waals surface area contributed by atoms with Crippen molar-refractivity contribution < 1.29 is 8.78 Å². The molecule has 20 heavy (non-hydrogen) atoms. The molecule has 5 heteroatoms. The third kappa shape index (κ3) is 2.26. The Morgan fingerprint density at radius 3 is 2.80 bits per heavy atom. The van der Waals surface area contributed by atoms with Gasteiger partial charge in [0.05, 0.1) is 29.2 Å². The maximum absolute atomic E-state index is 12.8. The summed E-state index contributed by atoms with van der Waals surface area (Å²) in [5.41, 5.74) is 2.71. The zero-order valence-corrected chi connectivity index (χ0v) is 11.2. The molecule has 1 saturated carbocycles. The predicted molar refractivity (Wildman–Crippen MR) is 71.6 cm³/mol. The molecule has 1 fully saturated rings. The normalized spacial score (nSPS) is 14.9. The molecular formula is C15H15F2N3. The van der Waals surface area contributed by atoms with Crippen LogP contribution in [-0.2, 0) is 13.0 Å². The number of imidazole rings is 1. The zero-order valence-electron chi connectivity index (χ0n) is 11.2. The first kappa shape index (κ1) is 13.0. The number of halogens is 2. The highest BCUT2D eigenvalue weighted by Crippen LogP contribution is 2.34. The molecule has 1 aromatic carbocycles. The summed E-state index contributed by atoms with van der Waals surface area (Å²) in [6.45, 7) is 1.49. The van der Waals surface area contributed by atoms with Crippen molar-refractivity contribution in [3.05, 3.63) is 29.1 Å². The number of nitrogens with zero attached hydrogens (tertiary/aromatic N) is 3. The molecule has 1 heterocycles. The topological polar surface area (TPSA) is 41.6 Å². The summed E-state index contributed by atoms with van der Waals surface area (Å²) in [6, 6.07) is 5.52. The van der Waals surface area contributed by atoms with Gasteiger partial charge in [-0.2, -0.15) is 5.26 Å². The number of alkyl halides is 2. The van der Waals surface area contributed by atoms with Crippen molar-refractivity contribution in [2.45, 2.75) is 39.2 Å². The molecule has 0 amide bonds. The van der Waals surface area contributed by atoms with Gasteiger partial charge in [-0.3, -0.25) is 0 Å². The molecular weight excluding hydrogens is 260 g/mol. The van der Waals surface area contributed by atoms with Crippen molar-refractivity contribution in [2.75, 3.05) is 0 Å². The summed E-state index contributed by atoms with van der Waals surface area (Å²) in [5, 5.41) is 9.05. The number of nitriles is 1. The molecule has 1 aromatic heterocycles. The fourth-order valence-corrected chi connectivity index (χ4v) is 2.57. The van der Waals surface area contributed by atoms with Crippen molar-refractivity contribution in [2.24, 2.45) is 5.92 Å². The van der Waals surface area contributed by atoms with Crippen LogP contribution in [0.1, 0.15) is 29.8 Å². The Hall–Kier alpha value is -1.96. The van der Waals surface area contributed by atoms with Crippen LogP contribution in [0.2, 0.25) is 0 Å². The Bertz CT molecular complexity index is 693. The van der Waals surface area contributed by atoms with Gasteiger partial charge in [-0.25, -0.2) is 13.8 Å². The van der Waals surface area contributed by atoms with E-state index in [1.807, 2.05) is 6.92 Å². The van der Waals surface area contributed by atoms with E-state index in [2.05, 4.69) is 11.1 Å². The molecule has 1 aliphatic rings. The minimum atomic E-state index is -2.40. The number of aromatic nitrogens is 2. The summed E-state index contributed by atoms with van der Waals surface area (Å²) < 4.78 is 27.2. The average Bonchev–Trinajstić information content (AvgIpc) is 3.15. The van der Waals surface area contributed by atoms with Gasteiger partial charge in [0.25, 0.3) is 6.43 Å². The first-order valence-electron chi connectivity index (χ1n) is 6.77. The second-order valence-electron chi connectivity index (χ2n) is 5.39. The molecule has 1 aliphatic carbocycles. The molecule has 0 unspecified atom stereocenters. The van der Waals surface area contributed by atoms with Crippen molar-refractivity contribution in [1.29, 1.82) is 5.26 Å². The van der Waals surface area contributed by atoms with Crippen LogP contribution < -0.4 is 0 Å². The smallest absolute Gasteiger partial charge is 0.256 e. The van der Waals surface area contributed by atoms with E-state index in [1.165, 1.54) is 0 Å². The van der Waals surface area contributed by atoms with E-state index in [-0.39, 0.29) is 6.54 Å². The molecule has 0 aliphatic heterocycles. The first-order valence-corrected chi connectivity index (χ1v) is 6.77. The number of hydrogen-bond donors (Lipinski definition) is 0. The number of hydrogen-bond acceptors (Lipinski definition) is 2. The third-order valence-electron chi connectivity index (χ3n) is 3.86. The summed E-state index contributed by atoms with van der Waals surface area (Å²) in [6.07, 6.45) is 0.657. The number of benzene rings is 1. The minimum absolute atomic E-state index is 0.329. The molecule has 104 valence electrons. The van der Waals surface area contributed by atoms with Gasteiger partial charge in [-0.15, -0.1) is 0 Å². The summed E-state index contributed by atoms with van der Waals surface area (Å²) in [4.78, 5) is 4.53.